The van der Waals surface area contributed by atoms with Crippen LogP contribution in [0, 0.1) is 6.92 Å². The predicted molar refractivity (Wildman–Crippen MR) is 101 cm³/mol. The third-order valence-corrected chi connectivity index (χ3v) is 4.97. The zero-order valence-electron chi connectivity index (χ0n) is 15.8. The lowest BCUT2D eigenvalue weighted by atomic mass is 10.1. The number of urea groups is 1. The van der Waals surface area contributed by atoms with Gasteiger partial charge in [-0.25, -0.2) is 9.78 Å². The van der Waals surface area contributed by atoms with E-state index in [9.17, 15) is 9.59 Å². The minimum absolute atomic E-state index is 0.0325. The Labute approximate surface area is 154 Å². The van der Waals surface area contributed by atoms with Gasteiger partial charge in [0.15, 0.2) is 0 Å². The number of hydrogen-bond donors (Lipinski definition) is 1. The Kier molecular flexibility index (Phi) is 5.44. The Morgan fingerprint density at radius 2 is 1.85 bits per heavy atom. The minimum atomic E-state index is -0.0325. The van der Waals surface area contributed by atoms with E-state index < -0.39 is 0 Å². The fraction of sp³-hybridized carbons (Fsp3) is 0.526. The van der Waals surface area contributed by atoms with Crippen LogP contribution in [0.25, 0.3) is 11.0 Å². The minimum Gasteiger partial charge on any atom is -0.339 e. The van der Waals surface area contributed by atoms with Crippen molar-refractivity contribution in [3.8, 4) is 0 Å². The summed E-state index contributed by atoms with van der Waals surface area (Å²) in [5, 5.41) is 2.88. The molecule has 1 saturated heterocycles. The number of piperazine rings is 1. The molecule has 0 atom stereocenters. The first-order valence-electron chi connectivity index (χ1n) is 9.22. The lowest BCUT2D eigenvalue weighted by Gasteiger charge is -2.34. The second kappa shape index (κ2) is 7.76. The third-order valence-electron chi connectivity index (χ3n) is 4.97. The largest absolute Gasteiger partial charge is 0.339 e. The summed E-state index contributed by atoms with van der Waals surface area (Å²) in [7, 11) is 1.99. The number of nitrogens with zero attached hydrogens (tertiary/aromatic N) is 4. The molecule has 7 nitrogen and oxygen atoms in total. The zero-order valence-corrected chi connectivity index (χ0v) is 15.8. The molecule has 1 N–H and O–H groups in total. The van der Waals surface area contributed by atoms with Crippen molar-refractivity contribution in [2.24, 2.45) is 7.05 Å². The van der Waals surface area contributed by atoms with Crippen LogP contribution < -0.4 is 5.32 Å². The van der Waals surface area contributed by atoms with Gasteiger partial charge in [0, 0.05) is 39.8 Å². The van der Waals surface area contributed by atoms with Gasteiger partial charge in [-0.05, 0) is 31.0 Å². The molecule has 1 aromatic heterocycles. The van der Waals surface area contributed by atoms with Crippen LogP contribution in [0.15, 0.2) is 18.2 Å². The van der Waals surface area contributed by atoms with E-state index in [-0.39, 0.29) is 11.9 Å². The maximum atomic E-state index is 12.6. The van der Waals surface area contributed by atoms with E-state index in [4.69, 9.17) is 0 Å². The number of aryl methyl sites for hydroxylation is 2. The number of nitrogens with one attached hydrogen (secondary N) is 1. The fourth-order valence-corrected chi connectivity index (χ4v) is 3.26. The van der Waals surface area contributed by atoms with Gasteiger partial charge in [-0.15, -0.1) is 0 Å². The van der Waals surface area contributed by atoms with E-state index in [2.05, 4.69) is 10.3 Å². The van der Waals surface area contributed by atoms with Gasteiger partial charge in [-0.3, -0.25) is 4.79 Å². The molecule has 3 rings (SSSR count). The van der Waals surface area contributed by atoms with Crippen LogP contribution in [0.3, 0.4) is 0 Å². The van der Waals surface area contributed by atoms with E-state index in [1.807, 2.05) is 48.6 Å². The smallest absolute Gasteiger partial charge is 0.317 e. The van der Waals surface area contributed by atoms with Crippen LogP contribution in [-0.2, 0) is 18.3 Å². The molecule has 1 aliphatic heterocycles. The molecule has 26 heavy (non-hydrogen) atoms. The molecule has 0 radical (unpaired) electrons. The number of fused-ring (bicyclic) bond motifs is 1. The van der Waals surface area contributed by atoms with E-state index in [1.54, 1.807) is 4.90 Å². The Morgan fingerprint density at radius 3 is 2.54 bits per heavy atom. The summed E-state index contributed by atoms with van der Waals surface area (Å²) in [5.74, 6) is 1.06. The molecule has 1 fully saturated rings. The lowest BCUT2D eigenvalue weighted by molar-refractivity contribution is -0.131. The number of hydrogen-bond acceptors (Lipinski definition) is 3. The molecule has 2 heterocycles. The Morgan fingerprint density at radius 1 is 1.15 bits per heavy atom. The van der Waals surface area contributed by atoms with E-state index in [0.717, 1.165) is 28.8 Å². The molecule has 1 aliphatic rings. The number of benzene rings is 1. The van der Waals surface area contributed by atoms with Crippen LogP contribution in [0.4, 0.5) is 4.79 Å². The van der Waals surface area contributed by atoms with Gasteiger partial charge in [0.25, 0.3) is 0 Å². The van der Waals surface area contributed by atoms with Crippen LogP contribution in [-0.4, -0.2) is 64.0 Å². The maximum Gasteiger partial charge on any atom is 0.317 e. The summed E-state index contributed by atoms with van der Waals surface area (Å²) in [6, 6.07) is 5.98. The predicted octanol–water partition coefficient (Wildman–Crippen LogP) is 1.69. The van der Waals surface area contributed by atoms with Crippen LogP contribution in [0.5, 0.6) is 0 Å². The van der Waals surface area contributed by atoms with Crippen LogP contribution in [0.2, 0.25) is 0 Å². The highest BCUT2D eigenvalue weighted by Gasteiger charge is 2.24. The molecule has 0 spiro atoms. The van der Waals surface area contributed by atoms with Crippen molar-refractivity contribution in [2.75, 3.05) is 32.7 Å². The van der Waals surface area contributed by atoms with Crippen molar-refractivity contribution in [2.45, 2.75) is 26.7 Å². The molecule has 2 aromatic rings. The topological polar surface area (TPSA) is 70.5 Å². The van der Waals surface area contributed by atoms with Gasteiger partial charge in [-0.1, -0.05) is 13.0 Å². The van der Waals surface area contributed by atoms with Crippen LogP contribution in [0.1, 0.15) is 24.7 Å². The molecule has 7 heteroatoms. The highest BCUT2D eigenvalue weighted by molar-refractivity contribution is 5.82. The second-order valence-electron chi connectivity index (χ2n) is 6.82. The van der Waals surface area contributed by atoms with Gasteiger partial charge >= 0.3 is 6.03 Å². The van der Waals surface area contributed by atoms with Gasteiger partial charge in [0.2, 0.25) is 5.91 Å². The molecule has 1 aromatic carbocycles. The second-order valence-corrected chi connectivity index (χ2v) is 6.82. The van der Waals surface area contributed by atoms with Crippen molar-refractivity contribution in [3.05, 3.63) is 29.6 Å². The average molecular weight is 357 g/mol. The number of carbonyl (C=O) groups excluding carboxylic acids is 2. The SMILES string of the molecule is CCCNC(=O)N1CCN(C(=O)Cc2ccc3c(c2)nc(C)n3C)CC1. The van der Waals surface area contributed by atoms with Crippen molar-refractivity contribution < 1.29 is 9.59 Å². The highest BCUT2D eigenvalue weighted by atomic mass is 16.2. The van der Waals surface area contributed by atoms with Gasteiger partial charge in [-0.2, -0.15) is 0 Å². The Bertz CT molecular complexity index is 806. The molecule has 0 saturated carbocycles. The summed E-state index contributed by atoms with van der Waals surface area (Å²) in [6.07, 6.45) is 1.29. The van der Waals surface area contributed by atoms with E-state index in [1.165, 1.54) is 0 Å². The maximum absolute atomic E-state index is 12.6. The fourth-order valence-electron chi connectivity index (χ4n) is 3.26. The first kappa shape index (κ1) is 18.2. The number of amides is 3. The highest BCUT2D eigenvalue weighted by Crippen LogP contribution is 2.17. The standard InChI is InChI=1S/C19H27N5O2/c1-4-7-20-19(26)24-10-8-23(9-11-24)18(25)13-15-5-6-17-16(12-15)21-14(2)22(17)3/h5-6,12H,4,7-11,13H2,1-3H3,(H,20,26). The first-order valence-corrected chi connectivity index (χ1v) is 9.22. The summed E-state index contributed by atoms with van der Waals surface area (Å²) < 4.78 is 2.05. The third kappa shape index (κ3) is 3.81. The summed E-state index contributed by atoms with van der Waals surface area (Å²) in [5.41, 5.74) is 2.97. The van der Waals surface area contributed by atoms with E-state index in [0.29, 0.717) is 39.1 Å². The normalized spacial score (nSPS) is 14.7. The van der Waals surface area contributed by atoms with Crippen molar-refractivity contribution in [1.29, 1.82) is 0 Å². The lowest BCUT2D eigenvalue weighted by Crippen LogP contribution is -2.53. The van der Waals surface area contributed by atoms with Gasteiger partial charge in [0.05, 0.1) is 17.5 Å². The summed E-state index contributed by atoms with van der Waals surface area (Å²) in [6.45, 7) is 7.03. The molecule has 0 bridgehead atoms. The quantitative estimate of drug-likeness (QED) is 0.905. The molecule has 3 amide bonds. The molecule has 0 unspecified atom stereocenters. The number of rotatable bonds is 4. The van der Waals surface area contributed by atoms with E-state index >= 15 is 0 Å². The van der Waals surface area contributed by atoms with Gasteiger partial charge in [0.1, 0.15) is 5.82 Å². The molecular formula is C19H27N5O2. The number of carbonyl (C=O) groups is 2. The average Bonchev–Trinajstić information content (AvgIpc) is 2.93. The Hall–Kier alpha value is -2.57. The van der Waals surface area contributed by atoms with Crippen molar-refractivity contribution >= 4 is 23.0 Å². The monoisotopic (exact) mass is 357 g/mol. The number of aromatic nitrogens is 2. The molecule has 140 valence electrons. The Balaban J connectivity index is 1.57. The summed E-state index contributed by atoms with van der Waals surface area (Å²) >= 11 is 0. The first-order chi connectivity index (χ1) is 12.5. The molecule has 0 aliphatic carbocycles. The zero-order chi connectivity index (χ0) is 18.7. The summed E-state index contributed by atoms with van der Waals surface area (Å²) in [4.78, 5) is 32.7. The van der Waals surface area contributed by atoms with Crippen molar-refractivity contribution in [1.82, 2.24) is 24.7 Å². The van der Waals surface area contributed by atoms with Crippen LogP contribution >= 0.6 is 0 Å². The van der Waals surface area contributed by atoms with Gasteiger partial charge < -0.3 is 19.7 Å². The molecular weight excluding hydrogens is 330 g/mol. The van der Waals surface area contributed by atoms with Crippen molar-refractivity contribution in [3.63, 3.8) is 0 Å². The number of imidazole rings is 1.